The van der Waals surface area contributed by atoms with Crippen LogP contribution in [0.4, 0.5) is 0 Å². The summed E-state index contributed by atoms with van der Waals surface area (Å²) in [6.07, 6.45) is 3.00. The van der Waals surface area contributed by atoms with E-state index in [2.05, 4.69) is 10.0 Å². The van der Waals surface area contributed by atoms with Gasteiger partial charge in [-0.2, -0.15) is 0 Å². The van der Waals surface area contributed by atoms with Crippen LogP contribution in [0, 0.1) is 0 Å². The lowest BCUT2D eigenvalue weighted by Gasteiger charge is -2.16. The summed E-state index contributed by atoms with van der Waals surface area (Å²) in [5.41, 5.74) is 1.05. The molecule has 1 atom stereocenters. The SMILES string of the molecule is O=S1(=O)CCC(S(=O)(=O)NCC2=CCNCC2)C1. The lowest BCUT2D eigenvalue weighted by atomic mass is 10.1. The smallest absolute Gasteiger partial charge is 0.215 e. The number of sulfone groups is 1. The second-order valence-electron chi connectivity index (χ2n) is 4.71. The van der Waals surface area contributed by atoms with Crippen LogP contribution in [0.5, 0.6) is 0 Å². The van der Waals surface area contributed by atoms with Gasteiger partial charge in [0.25, 0.3) is 0 Å². The molecule has 0 radical (unpaired) electrons. The molecule has 2 aliphatic rings. The van der Waals surface area contributed by atoms with Gasteiger partial charge in [-0.05, 0) is 19.4 Å². The summed E-state index contributed by atoms with van der Waals surface area (Å²) in [4.78, 5) is 0. The zero-order valence-corrected chi connectivity index (χ0v) is 11.7. The summed E-state index contributed by atoms with van der Waals surface area (Å²) in [7, 11) is -6.69. The molecule has 0 saturated carbocycles. The molecule has 0 aromatic heterocycles. The molecule has 2 N–H and O–H groups in total. The maximum atomic E-state index is 11.9. The Morgan fingerprint density at radius 3 is 2.78 bits per heavy atom. The zero-order chi connectivity index (χ0) is 13.2. The van der Waals surface area contributed by atoms with Crippen molar-refractivity contribution in [2.45, 2.75) is 18.1 Å². The minimum Gasteiger partial charge on any atom is -0.313 e. The van der Waals surface area contributed by atoms with Crippen LogP contribution in [-0.2, 0) is 19.9 Å². The van der Waals surface area contributed by atoms with Crippen LogP contribution in [0.15, 0.2) is 11.6 Å². The predicted molar refractivity (Wildman–Crippen MR) is 69.6 cm³/mol. The third kappa shape index (κ3) is 3.53. The highest BCUT2D eigenvalue weighted by atomic mass is 32.2. The number of rotatable bonds is 4. The molecule has 2 heterocycles. The number of nitrogens with one attached hydrogen (secondary N) is 2. The third-order valence-electron chi connectivity index (χ3n) is 3.29. The summed E-state index contributed by atoms with van der Waals surface area (Å²) in [6, 6.07) is 0. The zero-order valence-electron chi connectivity index (χ0n) is 10.1. The Morgan fingerprint density at radius 2 is 2.22 bits per heavy atom. The van der Waals surface area contributed by atoms with Crippen molar-refractivity contribution < 1.29 is 16.8 Å². The second kappa shape index (κ2) is 5.28. The number of hydrogen-bond donors (Lipinski definition) is 2. The average Bonchev–Trinajstić information content (AvgIpc) is 2.69. The van der Waals surface area contributed by atoms with E-state index in [1.165, 1.54) is 0 Å². The van der Waals surface area contributed by atoms with Crippen LogP contribution < -0.4 is 10.0 Å². The molecule has 0 aromatic carbocycles. The third-order valence-corrected chi connectivity index (χ3v) is 7.09. The van der Waals surface area contributed by atoms with Gasteiger partial charge in [-0.25, -0.2) is 21.6 Å². The largest absolute Gasteiger partial charge is 0.313 e. The summed E-state index contributed by atoms with van der Waals surface area (Å²) in [5, 5.41) is 2.36. The van der Waals surface area contributed by atoms with E-state index in [-0.39, 0.29) is 17.9 Å². The van der Waals surface area contributed by atoms with E-state index in [4.69, 9.17) is 0 Å². The Hall–Kier alpha value is -0.440. The summed E-state index contributed by atoms with van der Waals surface area (Å²) in [6.45, 7) is 1.90. The first-order chi connectivity index (χ1) is 8.39. The Balaban J connectivity index is 1.94. The van der Waals surface area contributed by atoms with Crippen molar-refractivity contribution in [3.05, 3.63) is 11.6 Å². The molecule has 0 bridgehead atoms. The van der Waals surface area contributed by atoms with Crippen molar-refractivity contribution in [2.75, 3.05) is 31.1 Å². The van der Waals surface area contributed by atoms with Crippen molar-refractivity contribution in [3.63, 3.8) is 0 Å². The molecule has 1 fully saturated rings. The van der Waals surface area contributed by atoms with Gasteiger partial charge in [0.05, 0.1) is 16.8 Å². The fourth-order valence-electron chi connectivity index (χ4n) is 2.15. The van der Waals surface area contributed by atoms with E-state index in [1.807, 2.05) is 6.08 Å². The lowest BCUT2D eigenvalue weighted by molar-refractivity contribution is 0.569. The van der Waals surface area contributed by atoms with Crippen molar-refractivity contribution in [1.82, 2.24) is 10.0 Å². The maximum absolute atomic E-state index is 11.9. The van der Waals surface area contributed by atoms with Gasteiger partial charge in [-0.3, -0.25) is 0 Å². The topological polar surface area (TPSA) is 92.3 Å². The highest BCUT2D eigenvalue weighted by Gasteiger charge is 2.36. The van der Waals surface area contributed by atoms with Crippen LogP contribution in [0.2, 0.25) is 0 Å². The van der Waals surface area contributed by atoms with Gasteiger partial charge in [0.1, 0.15) is 0 Å². The predicted octanol–water partition coefficient (Wildman–Crippen LogP) is -0.987. The first kappa shape index (κ1) is 14.0. The van der Waals surface area contributed by atoms with Gasteiger partial charge in [0.2, 0.25) is 10.0 Å². The average molecular weight is 294 g/mol. The van der Waals surface area contributed by atoms with Crippen LogP contribution in [0.25, 0.3) is 0 Å². The van der Waals surface area contributed by atoms with Crippen LogP contribution in [-0.4, -0.2) is 53.2 Å². The first-order valence-corrected chi connectivity index (χ1v) is 9.33. The molecule has 18 heavy (non-hydrogen) atoms. The molecule has 8 heteroatoms. The molecule has 1 unspecified atom stereocenters. The quantitative estimate of drug-likeness (QED) is 0.650. The minimum atomic E-state index is -3.52. The van der Waals surface area contributed by atoms with Gasteiger partial charge in [-0.1, -0.05) is 11.6 Å². The monoisotopic (exact) mass is 294 g/mol. The van der Waals surface area contributed by atoms with E-state index in [1.54, 1.807) is 0 Å². The fraction of sp³-hybridized carbons (Fsp3) is 0.800. The molecule has 0 amide bonds. The van der Waals surface area contributed by atoms with Crippen molar-refractivity contribution in [1.29, 1.82) is 0 Å². The molecule has 0 spiro atoms. The van der Waals surface area contributed by atoms with Crippen LogP contribution in [0.3, 0.4) is 0 Å². The molecular weight excluding hydrogens is 276 g/mol. The highest BCUT2D eigenvalue weighted by Crippen LogP contribution is 2.18. The van der Waals surface area contributed by atoms with Crippen LogP contribution in [0.1, 0.15) is 12.8 Å². The Morgan fingerprint density at radius 1 is 1.44 bits per heavy atom. The van der Waals surface area contributed by atoms with Crippen molar-refractivity contribution in [3.8, 4) is 0 Å². The molecule has 0 aliphatic carbocycles. The van der Waals surface area contributed by atoms with E-state index in [9.17, 15) is 16.8 Å². The Labute approximate surface area is 108 Å². The highest BCUT2D eigenvalue weighted by molar-refractivity contribution is 7.95. The molecule has 2 rings (SSSR count). The van der Waals surface area contributed by atoms with Gasteiger partial charge < -0.3 is 5.32 Å². The van der Waals surface area contributed by atoms with E-state index in [0.29, 0.717) is 6.54 Å². The standard InChI is InChI=1S/C10H18N2O4S2/c13-17(14)6-3-10(8-17)18(15,16)12-7-9-1-4-11-5-2-9/h1,10-12H,2-8H2. The minimum absolute atomic E-state index is 0.0226. The van der Waals surface area contributed by atoms with Crippen LogP contribution >= 0.6 is 0 Å². The van der Waals surface area contributed by atoms with E-state index < -0.39 is 25.1 Å². The molecule has 1 saturated heterocycles. The lowest BCUT2D eigenvalue weighted by Crippen LogP contribution is -2.37. The molecule has 2 aliphatic heterocycles. The summed E-state index contributed by atoms with van der Waals surface area (Å²) in [5.74, 6) is -0.270. The van der Waals surface area contributed by atoms with Gasteiger partial charge in [0, 0.05) is 13.1 Å². The second-order valence-corrected chi connectivity index (χ2v) is 8.98. The summed E-state index contributed by atoms with van der Waals surface area (Å²) >= 11 is 0. The first-order valence-electron chi connectivity index (χ1n) is 5.97. The van der Waals surface area contributed by atoms with E-state index in [0.717, 1.165) is 25.1 Å². The molecule has 104 valence electrons. The Kier molecular flexibility index (Phi) is 4.10. The normalized spacial score (nSPS) is 28.0. The maximum Gasteiger partial charge on any atom is 0.215 e. The van der Waals surface area contributed by atoms with Crippen molar-refractivity contribution in [2.24, 2.45) is 0 Å². The van der Waals surface area contributed by atoms with Gasteiger partial charge in [0.15, 0.2) is 9.84 Å². The number of hydrogen-bond acceptors (Lipinski definition) is 5. The fourth-order valence-corrected chi connectivity index (χ4v) is 6.23. The van der Waals surface area contributed by atoms with E-state index >= 15 is 0 Å². The molecule has 6 nitrogen and oxygen atoms in total. The van der Waals surface area contributed by atoms with Crippen molar-refractivity contribution >= 4 is 19.9 Å². The Bertz CT molecular complexity index is 536. The van der Waals surface area contributed by atoms with Gasteiger partial charge in [-0.15, -0.1) is 0 Å². The van der Waals surface area contributed by atoms with Gasteiger partial charge >= 0.3 is 0 Å². The summed E-state index contributed by atoms with van der Waals surface area (Å²) < 4.78 is 49.0. The molecular formula is C10H18N2O4S2. The number of sulfonamides is 1. The molecule has 0 aromatic rings.